The van der Waals surface area contributed by atoms with Gasteiger partial charge in [0.05, 0.1) is 5.69 Å². The van der Waals surface area contributed by atoms with Crippen molar-refractivity contribution in [2.75, 3.05) is 5.32 Å². The van der Waals surface area contributed by atoms with E-state index in [0.717, 1.165) is 11.3 Å². The fourth-order valence-electron chi connectivity index (χ4n) is 2.07. The zero-order chi connectivity index (χ0) is 15.0. The van der Waals surface area contributed by atoms with Crippen molar-refractivity contribution in [2.24, 2.45) is 0 Å². The maximum absolute atomic E-state index is 12.4. The molecule has 0 saturated carbocycles. The van der Waals surface area contributed by atoms with Gasteiger partial charge in [0.1, 0.15) is 5.82 Å². The Bertz CT molecular complexity index is 839. The van der Waals surface area contributed by atoms with Gasteiger partial charge in [0, 0.05) is 5.69 Å². The Morgan fingerprint density at radius 1 is 1.14 bits per heavy atom. The van der Waals surface area contributed by atoms with E-state index in [9.17, 15) is 4.79 Å². The molecule has 0 aliphatic heterocycles. The summed E-state index contributed by atoms with van der Waals surface area (Å²) in [6.07, 6.45) is 0. The van der Waals surface area contributed by atoms with E-state index in [0.29, 0.717) is 17.3 Å². The van der Waals surface area contributed by atoms with Gasteiger partial charge >= 0.3 is 0 Å². The van der Waals surface area contributed by atoms with E-state index < -0.39 is 0 Å². The molecule has 0 saturated heterocycles. The van der Waals surface area contributed by atoms with Crippen LogP contribution in [0.25, 0.3) is 5.78 Å². The summed E-state index contributed by atoms with van der Waals surface area (Å²) in [6, 6.07) is 7.55. The third-order valence-corrected chi connectivity index (χ3v) is 3.20. The number of nitrogens with one attached hydrogen (secondary N) is 1. The highest BCUT2D eigenvalue weighted by Crippen LogP contribution is 2.15. The number of aromatic nitrogens is 5. The van der Waals surface area contributed by atoms with Crippen molar-refractivity contribution in [2.45, 2.75) is 20.8 Å². The fraction of sp³-hybridized carbons (Fsp3) is 0.214. The van der Waals surface area contributed by atoms with Crippen LogP contribution in [-0.2, 0) is 0 Å². The summed E-state index contributed by atoms with van der Waals surface area (Å²) in [4.78, 5) is 16.5. The summed E-state index contributed by atoms with van der Waals surface area (Å²) in [7, 11) is 0. The number of hydrogen-bond acceptors (Lipinski definition) is 5. The van der Waals surface area contributed by atoms with Gasteiger partial charge in [-0.25, -0.2) is 0 Å². The highest BCUT2D eigenvalue weighted by molar-refractivity contribution is 6.03. The van der Waals surface area contributed by atoms with Crippen molar-refractivity contribution in [3.63, 3.8) is 0 Å². The second kappa shape index (κ2) is 4.93. The smallest absolute Gasteiger partial charge is 0.278 e. The molecular weight excluding hydrogens is 268 g/mol. The molecule has 0 atom stereocenters. The van der Waals surface area contributed by atoms with Crippen molar-refractivity contribution in [3.8, 4) is 0 Å². The Morgan fingerprint density at radius 3 is 2.67 bits per heavy atom. The first-order valence-corrected chi connectivity index (χ1v) is 6.50. The zero-order valence-corrected chi connectivity index (χ0v) is 12.0. The molecule has 0 aliphatic carbocycles. The highest BCUT2D eigenvalue weighted by Gasteiger charge is 2.17. The molecule has 0 aliphatic rings. The van der Waals surface area contributed by atoms with Crippen LogP contribution in [0.2, 0.25) is 0 Å². The number of hydrogen-bond donors (Lipinski definition) is 1. The zero-order valence-electron chi connectivity index (χ0n) is 12.0. The van der Waals surface area contributed by atoms with E-state index in [2.05, 4.69) is 25.6 Å². The number of aryl methyl sites for hydroxylation is 3. The Morgan fingerprint density at radius 2 is 1.90 bits per heavy atom. The minimum Gasteiger partial charge on any atom is -0.320 e. The normalized spacial score (nSPS) is 10.8. The summed E-state index contributed by atoms with van der Waals surface area (Å²) in [5.74, 6) is 0.658. The monoisotopic (exact) mass is 282 g/mol. The van der Waals surface area contributed by atoms with E-state index in [1.54, 1.807) is 13.8 Å². The van der Waals surface area contributed by atoms with Gasteiger partial charge in [0.25, 0.3) is 11.7 Å². The number of carbonyl (C=O) groups excluding carboxylic acids is 1. The molecule has 0 unspecified atom stereocenters. The van der Waals surface area contributed by atoms with Crippen LogP contribution in [0.3, 0.4) is 0 Å². The first-order valence-electron chi connectivity index (χ1n) is 6.50. The number of anilines is 1. The topological polar surface area (TPSA) is 85.1 Å². The van der Waals surface area contributed by atoms with Crippen LogP contribution in [0.4, 0.5) is 5.69 Å². The number of fused-ring (bicyclic) bond motifs is 1. The van der Waals surface area contributed by atoms with Crippen LogP contribution in [0.5, 0.6) is 0 Å². The number of carbonyl (C=O) groups is 1. The molecule has 1 aromatic carbocycles. The van der Waals surface area contributed by atoms with Crippen molar-refractivity contribution in [3.05, 3.63) is 47.0 Å². The number of rotatable bonds is 2. The summed E-state index contributed by atoms with van der Waals surface area (Å²) in [6.45, 7) is 5.46. The predicted molar refractivity (Wildman–Crippen MR) is 77.2 cm³/mol. The van der Waals surface area contributed by atoms with Crippen molar-refractivity contribution in [1.29, 1.82) is 0 Å². The third-order valence-electron chi connectivity index (χ3n) is 3.20. The van der Waals surface area contributed by atoms with Gasteiger partial charge in [-0.15, -0.1) is 15.3 Å². The highest BCUT2D eigenvalue weighted by atomic mass is 16.2. The number of amides is 1. The summed E-state index contributed by atoms with van der Waals surface area (Å²) in [5, 5.41) is 14.9. The van der Waals surface area contributed by atoms with E-state index in [1.165, 1.54) is 4.52 Å². The molecule has 1 amide bonds. The molecule has 0 spiro atoms. The van der Waals surface area contributed by atoms with Crippen LogP contribution < -0.4 is 5.32 Å². The first-order chi connectivity index (χ1) is 10.1. The van der Waals surface area contributed by atoms with Gasteiger partial charge in [-0.1, -0.05) is 18.2 Å². The van der Waals surface area contributed by atoms with Crippen LogP contribution in [0, 0.1) is 20.8 Å². The maximum Gasteiger partial charge on any atom is 0.278 e. The van der Waals surface area contributed by atoms with Crippen molar-refractivity contribution in [1.82, 2.24) is 24.8 Å². The van der Waals surface area contributed by atoms with Gasteiger partial charge in [-0.05, 0) is 32.4 Å². The van der Waals surface area contributed by atoms with Crippen LogP contribution in [0.15, 0.2) is 24.3 Å². The molecule has 3 aromatic rings. The second-order valence-corrected chi connectivity index (χ2v) is 4.77. The molecule has 3 rings (SSSR count). The average molecular weight is 282 g/mol. The Kier molecular flexibility index (Phi) is 3.09. The third kappa shape index (κ3) is 2.33. The van der Waals surface area contributed by atoms with Gasteiger partial charge < -0.3 is 5.32 Å². The van der Waals surface area contributed by atoms with Crippen LogP contribution in [-0.4, -0.2) is 30.7 Å². The molecule has 21 heavy (non-hydrogen) atoms. The maximum atomic E-state index is 12.4. The largest absolute Gasteiger partial charge is 0.320 e. The van der Waals surface area contributed by atoms with Gasteiger partial charge in [0.2, 0.25) is 0 Å². The predicted octanol–water partition coefficient (Wildman–Crippen LogP) is 1.70. The summed E-state index contributed by atoms with van der Waals surface area (Å²) < 4.78 is 1.52. The standard InChI is InChI=1S/C14H14N6O/c1-8-6-4-5-7-11(8)16-13(21)12-9(2)20-14(18-17-12)15-10(3)19-20/h4-7H,1-3H3,(H,16,21). The van der Waals surface area contributed by atoms with E-state index in [4.69, 9.17) is 0 Å². The molecule has 1 N–H and O–H groups in total. The van der Waals surface area contributed by atoms with Crippen LogP contribution >= 0.6 is 0 Å². The van der Waals surface area contributed by atoms with Gasteiger partial charge in [0.15, 0.2) is 5.69 Å². The van der Waals surface area contributed by atoms with Gasteiger partial charge in [-0.3, -0.25) is 4.79 Å². The molecule has 2 aromatic heterocycles. The summed E-state index contributed by atoms with van der Waals surface area (Å²) >= 11 is 0. The Balaban J connectivity index is 1.98. The average Bonchev–Trinajstić information content (AvgIpc) is 2.83. The lowest BCUT2D eigenvalue weighted by atomic mass is 10.2. The van der Waals surface area contributed by atoms with Crippen molar-refractivity contribution >= 4 is 17.4 Å². The Hall–Kier alpha value is -2.83. The van der Waals surface area contributed by atoms with Gasteiger partial charge in [-0.2, -0.15) is 9.50 Å². The molecule has 7 nitrogen and oxygen atoms in total. The molecular formula is C14H14N6O. The lowest BCUT2D eigenvalue weighted by Gasteiger charge is -2.08. The van der Waals surface area contributed by atoms with E-state index >= 15 is 0 Å². The molecule has 106 valence electrons. The van der Waals surface area contributed by atoms with Crippen molar-refractivity contribution < 1.29 is 4.79 Å². The second-order valence-electron chi connectivity index (χ2n) is 4.77. The molecule has 0 fully saturated rings. The quantitative estimate of drug-likeness (QED) is 0.773. The number of benzene rings is 1. The molecule has 0 radical (unpaired) electrons. The molecule has 0 bridgehead atoms. The minimum absolute atomic E-state index is 0.232. The first kappa shape index (κ1) is 13.2. The Labute approximate surface area is 121 Å². The fourth-order valence-corrected chi connectivity index (χ4v) is 2.07. The minimum atomic E-state index is -0.315. The summed E-state index contributed by atoms with van der Waals surface area (Å²) in [5.41, 5.74) is 2.56. The molecule has 7 heteroatoms. The SMILES string of the molecule is Cc1nc2nnc(C(=O)Nc3ccccc3C)c(C)n2n1. The number of nitrogens with zero attached hydrogens (tertiary/aromatic N) is 5. The lowest BCUT2D eigenvalue weighted by molar-refractivity contribution is 0.102. The van der Waals surface area contributed by atoms with E-state index in [1.807, 2.05) is 31.2 Å². The van der Waals surface area contributed by atoms with Crippen LogP contribution in [0.1, 0.15) is 27.6 Å². The lowest BCUT2D eigenvalue weighted by Crippen LogP contribution is -2.19. The van der Waals surface area contributed by atoms with E-state index in [-0.39, 0.29) is 11.6 Å². The molecule has 2 heterocycles. The number of para-hydroxylation sites is 1.